The van der Waals surface area contributed by atoms with Crippen LogP contribution in [0.4, 0.5) is 0 Å². The van der Waals surface area contributed by atoms with Gasteiger partial charge in [-0.15, -0.1) is 0 Å². The van der Waals surface area contributed by atoms with Crippen LogP contribution in [0.1, 0.15) is 68.4 Å². The Labute approximate surface area is 159 Å². The molecule has 1 aliphatic carbocycles. The smallest absolute Gasteiger partial charge is 0.117 e. The third kappa shape index (κ3) is 3.27. The fraction of sp³-hybridized carbons (Fsp3) is 0.409. The van der Waals surface area contributed by atoms with Crippen molar-refractivity contribution in [3.63, 3.8) is 0 Å². The lowest BCUT2D eigenvalue weighted by Crippen LogP contribution is -2.34. The van der Waals surface area contributed by atoms with Crippen LogP contribution in [0.2, 0.25) is 0 Å². The second kappa shape index (κ2) is 6.28. The Hall–Kier alpha value is -1.61. The number of rotatable bonds is 2. The molecule has 0 radical (unpaired) electrons. The molecule has 0 spiro atoms. The zero-order valence-electron chi connectivity index (χ0n) is 15.7. The summed E-state index contributed by atoms with van der Waals surface area (Å²) < 4.78 is 1.01. The number of nitrogens with zero attached hydrogens (tertiary/aromatic N) is 1. The first-order chi connectivity index (χ1) is 11.7. The number of hydrogen-bond acceptors (Lipinski definition) is 2. The van der Waals surface area contributed by atoms with Crippen molar-refractivity contribution in [3.05, 3.63) is 68.7 Å². The zero-order chi connectivity index (χ0) is 18.4. The maximum absolute atomic E-state index is 9.74. The van der Waals surface area contributed by atoms with Crippen LogP contribution < -0.4 is 0 Å². The normalized spacial score (nSPS) is 18.7. The zero-order valence-corrected chi connectivity index (χ0v) is 17.2. The number of halogens is 1. The molecule has 0 amide bonds. The van der Waals surface area contributed by atoms with Gasteiger partial charge in [0.2, 0.25) is 0 Å². The van der Waals surface area contributed by atoms with Crippen molar-refractivity contribution in [2.45, 2.75) is 58.3 Å². The maximum Gasteiger partial charge on any atom is 0.117 e. The van der Waals surface area contributed by atoms with E-state index in [1.54, 1.807) is 0 Å². The van der Waals surface area contributed by atoms with E-state index in [1.165, 1.54) is 24.0 Å². The topological polar surface area (TPSA) is 32.6 Å². The quantitative estimate of drug-likeness (QED) is 0.356. The van der Waals surface area contributed by atoms with Crippen molar-refractivity contribution in [2.24, 2.45) is 5.16 Å². The number of aryl methyl sites for hydroxylation is 1. The number of benzene rings is 2. The van der Waals surface area contributed by atoms with E-state index in [1.807, 2.05) is 24.3 Å². The lowest BCUT2D eigenvalue weighted by Gasteiger charge is -2.42. The van der Waals surface area contributed by atoms with E-state index in [-0.39, 0.29) is 10.8 Å². The van der Waals surface area contributed by atoms with E-state index in [2.05, 4.69) is 67.8 Å². The predicted molar refractivity (Wildman–Crippen MR) is 108 cm³/mol. The van der Waals surface area contributed by atoms with Gasteiger partial charge in [-0.1, -0.05) is 67.0 Å². The molecule has 1 N–H and O–H groups in total. The molecular formula is C22H26BrNO. The monoisotopic (exact) mass is 399 g/mol. The van der Waals surface area contributed by atoms with E-state index in [4.69, 9.17) is 0 Å². The molecule has 0 aliphatic heterocycles. The van der Waals surface area contributed by atoms with Gasteiger partial charge in [0.25, 0.3) is 0 Å². The van der Waals surface area contributed by atoms with Gasteiger partial charge >= 0.3 is 0 Å². The Morgan fingerprint density at radius 1 is 0.960 bits per heavy atom. The number of fused-ring (bicyclic) bond motifs is 1. The first-order valence-corrected chi connectivity index (χ1v) is 9.59. The molecule has 25 heavy (non-hydrogen) atoms. The first-order valence-electron chi connectivity index (χ1n) is 8.80. The van der Waals surface area contributed by atoms with Crippen molar-refractivity contribution >= 4 is 21.6 Å². The minimum Gasteiger partial charge on any atom is -0.410 e. The van der Waals surface area contributed by atoms with Crippen LogP contribution in [0.25, 0.3) is 0 Å². The Kier molecular flexibility index (Phi) is 4.57. The predicted octanol–water partition coefficient (Wildman–Crippen LogP) is 6.33. The van der Waals surface area contributed by atoms with Crippen molar-refractivity contribution < 1.29 is 5.21 Å². The fourth-order valence-electron chi connectivity index (χ4n) is 3.85. The summed E-state index contributed by atoms with van der Waals surface area (Å²) in [5.41, 5.74) is 6.83. The summed E-state index contributed by atoms with van der Waals surface area (Å²) in [5, 5.41) is 13.4. The van der Waals surface area contributed by atoms with Crippen molar-refractivity contribution in [2.75, 3.05) is 0 Å². The molecule has 0 fully saturated rings. The minimum atomic E-state index is 0.133. The highest BCUT2D eigenvalue weighted by atomic mass is 79.9. The lowest BCUT2D eigenvalue weighted by atomic mass is 9.62. The van der Waals surface area contributed by atoms with E-state index >= 15 is 0 Å². The summed E-state index contributed by atoms with van der Waals surface area (Å²) in [6, 6.07) is 12.5. The summed E-state index contributed by atoms with van der Waals surface area (Å²) in [5.74, 6) is 0. The van der Waals surface area contributed by atoms with Crippen LogP contribution in [0.5, 0.6) is 0 Å². The average molecular weight is 400 g/mol. The van der Waals surface area contributed by atoms with Crippen LogP contribution in [0.15, 0.2) is 46.0 Å². The van der Waals surface area contributed by atoms with Crippen LogP contribution in [0, 0.1) is 6.92 Å². The van der Waals surface area contributed by atoms with E-state index < -0.39 is 0 Å². The second-order valence-corrected chi connectivity index (χ2v) is 9.35. The van der Waals surface area contributed by atoms with Crippen molar-refractivity contribution in [3.8, 4) is 0 Å². The van der Waals surface area contributed by atoms with Crippen LogP contribution in [-0.4, -0.2) is 10.9 Å². The number of oxime groups is 1. The highest BCUT2D eigenvalue weighted by Crippen LogP contribution is 2.46. The molecule has 3 rings (SSSR count). The molecule has 3 heteroatoms. The summed E-state index contributed by atoms with van der Waals surface area (Å²) in [4.78, 5) is 0. The SMILES string of the molecule is Cc1cc2c(cc1/C(=N/O)c1ccc(Br)cc1)C(C)(C)CCC2(C)C. The molecule has 2 aromatic rings. The molecule has 132 valence electrons. The summed E-state index contributed by atoms with van der Waals surface area (Å²) in [7, 11) is 0. The highest BCUT2D eigenvalue weighted by molar-refractivity contribution is 9.10. The van der Waals surface area contributed by atoms with E-state index in [9.17, 15) is 5.21 Å². The van der Waals surface area contributed by atoms with Gasteiger partial charge in [-0.25, -0.2) is 0 Å². The molecule has 0 unspecified atom stereocenters. The highest BCUT2D eigenvalue weighted by Gasteiger charge is 2.37. The molecule has 0 saturated carbocycles. The first kappa shape index (κ1) is 18.2. The number of hydrogen-bond donors (Lipinski definition) is 1. The van der Waals surface area contributed by atoms with Gasteiger partial charge in [0.1, 0.15) is 5.71 Å². The van der Waals surface area contributed by atoms with Crippen LogP contribution in [0.3, 0.4) is 0 Å². The Morgan fingerprint density at radius 2 is 1.48 bits per heavy atom. The van der Waals surface area contributed by atoms with Gasteiger partial charge in [0.05, 0.1) is 0 Å². The molecule has 0 bridgehead atoms. The van der Waals surface area contributed by atoms with Gasteiger partial charge in [-0.05, 0) is 65.5 Å². The molecule has 0 atom stereocenters. The summed E-state index contributed by atoms with van der Waals surface area (Å²) in [6.45, 7) is 11.4. The molecule has 0 saturated heterocycles. The maximum atomic E-state index is 9.74. The minimum absolute atomic E-state index is 0.133. The van der Waals surface area contributed by atoms with Gasteiger partial charge in [-0.2, -0.15) is 0 Å². The lowest BCUT2D eigenvalue weighted by molar-refractivity contribution is 0.319. The Balaban J connectivity index is 2.19. The Morgan fingerprint density at radius 3 is 2.00 bits per heavy atom. The molecule has 0 heterocycles. The summed E-state index contributed by atoms with van der Waals surface area (Å²) >= 11 is 3.46. The van der Waals surface area contributed by atoms with E-state index in [0.717, 1.165) is 21.2 Å². The van der Waals surface area contributed by atoms with Crippen molar-refractivity contribution in [1.29, 1.82) is 0 Å². The van der Waals surface area contributed by atoms with Gasteiger partial charge in [0, 0.05) is 15.6 Å². The standard InChI is InChI=1S/C22H26BrNO/c1-14-12-18-19(22(4,5)11-10-21(18,2)3)13-17(14)20(24-25)15-6-8-16(23)9-7-15/h6-9,12-13,25H,10-11H2,1-5H3/b24-20+. The molecule has 2 nitrogen and oxygen atoms in total. The van der Waals surface area contributed by atoms with Gasteiger partial charge in [-0.3, -0.25) is 0 Å². The third-order valence-electron chi connectivity index (χ3n) is 5.67. The molecule has 0 aromatic heterocycles. The molecule has 1 aliphatic rings. The fourth-order valence-corrected chi connectivity index (χ4v) is 4.12. The molecule has 2 aromatic carbocycles. The summed E-state index contributed by atoms with van der Waals surface area (Å²) in [6.07, 6.45) is 2.36. The Bertz CT molecular complexity index is 832. The second-order valence-electron chi connectivity index (χ2n) is 8.44. The van der Waals surface area contributed by atoms with Crippen LogP contribution in [-0.2, 0) is 10.8 Å². The van der Waals surface area contributed by atoms with Crippen molar-refractivity contribution in [1.82, 2.24) is 0 Å². The molecular weight excluding hydrogens is 374 g/mol. The average Bonchev–Trinajstić information content (AvgIpc) is 2.55. The largest absolute Gasteiger partial charge is 0.410 e. The third-order valence-corrected chi connectivity index (χ3v) is 6.20. The van der Waals surface area contributed by atoms with Crippen LogP contribution >= 0.6 is 15.9 Å². The van der Waals surface area contributed by atoms with Gasteiger partial charge < -0.3 is 5.21 Å². The van der Waals surface area contributed by atoms with E-state index in [0.29, 0.717) is 5.71 Å². The van der Waals surface area contributed by atoms with Gasteiger partial charge in [0.15, 0.2) is 0 Å².